The van der Waals surface area contributed by atoms with Crippen LogP contribution >= 0.6 is 0 Å². The Hall–Kier alpha value is -4.80. The molecule has 2 amide bonds. The second-order valence-electron chi connectivity index (χ2n) is 14.3. The van der Waals surface area contributed by atoms with Crippen LogP contribution in [0, 0.1) is 0 Å². The highest BCUT2D eigenvalue weighted by molar-refractivity contribution is 7.85. The summed E-state index contributed by atoms with van der Waals surface area (Å²) in [4.78, 5) is 15.9. The molecule has 2 aliphatic rings. The van der Waals surface area contributed by atoms with Crippen molar-refractivity contribution in [2.24, 2.45) is 0 Å². The molecule has 15 nitrogen and oxygen atoms in total. The Labute approximate surface area is 297 Å². The molecule has 0 spiro atoms. The van der Waals surface area contributed by atoms with Crippen LogP contribution in [0.15, 0.2) is 61.1 Å². The number of anilines is 1. The zero-order chi connectivity index (χ0) is 35.9. The predicted octanol–water partition coefficient (Wildman–Crippen LogP) is 4.93. The van der Waals surface area contributed by atoms with Gasteiger partial charge in [-0.15, -0.1) is 10.2 Å². The van der Waals surface area contributed by atoms with E-state index < -0.39 is 10.1 Å². The van der Waals surface area contributed by atoms with E-state index in [2.05, 4.69) is 43.9 Å². The molecule has 0 saturated carbocycles. The Morgan fingerprint density at radius 3 is 2.59 bits per heavy atom. The van der Waals surface area contributed by atoms with Gasteiger partial charge in [0.15, 0.2) is 11.5 Å². The van der Waals surface area contributed by atoms with Gasteiger partial charge < -0.3 is 10.1 Å². The van der Waals surface area contributed by atoms with Crippen molar-refractivity contribution < 1.29 is 22.1 Å². The highest BCUT2D eigenvalue weighted by Crippen LogP contribution is 2.39. The summed E-state index contributed by atoms with van der Waals surface area (Å²) in [5.41, 5.74) is 3.92. The molecule has 7 rings (SSSR count). The Morgan fingerprint density at radius 2 is 1.84 bits per heavy atom. The van der Waals surface area contributed by atoms with Crippen molar-refractivity contribution in [3.05, 3.63) is 83.7 Å². The van der Waals surface area contributed by atoms with Crippen molar-refractivity contribution >= 4 is 27.6 Å². The summed E-state index contributed by atoms with van der Waals surface area (Å²) in [7, 11) is -1.43. The molecule has 5 heterocycles. The van der Waals surface area contributed by atoms with Gasteiger partial charge >= 0.3 is 6.03 Å². The number of nitrogens with zero attached hydrogens (tertiary/aromatic N) is 8. The number of carbonyl (C=O) groups excluding carboxylic acids is 1. The Morgan fingerprint density at radius 1 is 1.04 bits per heavy atom. The van der Waals surface area contributed by atoms with E-state index in [-0.39, 0.29) is 42.8 Å². The van der Waals surface area contributed by atoms with Gasteiger partial charge in [0.2, 0.25) is 0 Å². The maximum absolute atomic E-state index is 13.6. The third-order valence-corrected chi connectivity index (χ3v) is 10.0. The van der Waals surface area contributed by atoms with E-state index in [0.29, 0.717) is 24.3 Å². The van der Waals surface area contributed by atoms with E-state index in [9.17, 15) is 13.2 Å². The molecule has 2 N–H and O–H groups in total. The molecule has 4 aromatic heterocycles. The zero-order valence-corrected chi connectivity index (χ0v) is 30.3. The van der Waals surface area contributed by atoms with E-state index in [1.165, 1.54) is 0 Å². The number of rotatable bonds is 10. The SMILES string of the molecule is CN1CCC[C@H]1c1nnc2ccc(OC3CCC(NC(=O)Nc4cc(C(C)(C)C)nn4-c4cnn(CCOS(C)(=O)=O)c4)c4ccccc43)cn12. The average molecular weight is 717 g/mol. The van der Waals surface area contributed by atoms with E-state index >= 15 is 0 Å². The first-order valence-electron chi connectivity index (χ1n) is 17.2. The molecule has 16 heteroatoms. The van der Waals surface area contributed by atoms with E-state index in [0.717, 1.165) is 59.7 Å². The van der Waals surface area contributed by atoms with Crippen LogP contribution in [0.3, 0.4) is 0 Å². The molecule has 2 unspecified atom stereocenters. The smallest absolute Gasteiger partial charge is 0.320 e. The van der Waals surface area contributed by atoms with Crippen LogP contribution in [0.5, 0.6) is 5.75 Å². The number of carbonyl (C=O) groups is 1. The molecule has 3 atom stereocenters. The maximum Gasteiger partial charge on any atom is 0.320 e. The second kappa shape index (κ2) is 13.7. The summed E-state index contributed by atoms with van der Waals surface area (Å²) >= 11 is 0. The predicted molar refractivity (Wildman–Crippen MR) is 190 cm³/mol. The number of pyridine rings is 1. The van der Waals surface area contributed by atoms with Gasteiger partial charge in [-0.3, -0.25) is 23.5 Å². The molecular weight excluding hydrogens is 673 g/mol. The lowest BCUT2D eigenvalue weighted by Crippen LogP contribution is -2.36. The van der Waals surface area contributed by atoms with Crippen LogP contribution in [0.25, 0.3) is 11.3 Å². The van der Waals surface area contributed by atoms with Gasteiger partial charge in [-0.2, -0.15) is 18.6 Å². The average Bonchev–Trinajstić information content (AvgIpc) is 3.88. The fourth-order valence-corrected chi connectivity index (χ4v) is 7.20. The second-order valence-corrected chi connectivity index (χ2v) is 16.0. The third-order valence-electron chi connectivity index (χ3n) is 9.44. The number of nitrogens with one attached hydrogen (secondary N) is 2. The van der Waals surface area contributed by atoms with Crippen molar-refractivity contribution in [1.29, 1.82) is 0 Å². The van der Waals surface area contributed by atoms with Gasteiger partial charge in [-0.05, 0) is 62.5 Å². The quantitative estimate of drug-likeness (QED) is 0.190. The number of fused-ring (bicyclic) bond motifs is 2. The minimum Gasteiger partial charge on any atom is -0.484 e. The van der Waals surface area contributed by atoms with Crippen LogP contribution in [0.1, 0.15) is 87.3 Å². The minimum atomic E-state index is -3.56. The summed E-state index contributed by atoms with van der Waals surface area (Å²) in [6.45, 7) is 7.36. The topological polar surface area (TPSA) is 163 Å². The number of aromatic nitrogens is 7. The molecule has 0 radical (unpaired) electrons. The maximum atomic E-state index is 13.6. The van der Waals surface area contributed by atoms with Crippen molar-refractivity contribution in [1.82, 2.24) is 44.4 Å². The van der Waals surface area contributed by atoms with E-state index in [1.54, 1.807) is 21.8 Å². The first-order chi connectivity index (χ1) is 24.3. The Bertz CT molecular complexity index is 2150. The standard InChI is InChI=1S/C35H44N10O5S/c1-35(2,3)30-19-32(45(41-30)23-20-36-43(21-23)17-18-49-51(5,47)48)38-34(46)37-27-13-14-29(26-10-7-6-9-25(26)27)50-24-12-15-31-39-40-33(44(31)22-24)28-11-8-16-42(28)4/h6-7,9-10,12,15,19-22,27-29H,8,11,13-14,16-18H2,1-5H3,(H2,37,38,46)/t27?,28-,29?/m0/s1. The van der Waals surface area contributed by atoms with Gasteiger partial charge in [-0.1, -0.05) is 45.0 Å². The van der Waals surface area contributed by atoms with Gasteiger partial charge in [0, 0.05) is 11.5 Å². The van der Waals surface area contributed by atoms with E-state index in [4.69, 9.17) is 14.0 Å². The number of ether oxygens (including phenoxy) is 1. The van der Waals surface area contributed by atoms with Gasteiger partial charge in [-0.25, -0.2) is 9.48 Å². The first kappa shape index (κ1) is 34.6. The summed E-state index contributed by atoms with van der Waals surface area (Å²) in [6, 6.07) is 13.4. The minimum absolute atomic E-state index is 0.0505. The van der Waals surface area contributed by atoms with Gasteiger partial charge in [0.25, 0.3) is 10.1 Å². The Balaban J connectivity index is 1.06. The number of likely N-dealkylation sites (tertiary alicyclic amines) is 1. The molecule has 270 valence electrons. The summed E-state index contributed by atoms with van der Waals surface area (Å²) < 4.78 is 39.4. The molecule has 1 aliphatic carbocycles. The Kier molecular flexibility index (Phi) is 9.32. The van der Waals surface area contributed by atoms with Crippen molar-refractivity contribution in [2.75, 3.05) is 31.8 Å². The normalized spacial score (nSPS) is 19.7. The van der Waals surface area contributed by atoms with Crippen LogP contribution in [-0.2, 0) is 26.3 Å². The number of amides is 2. The van der Waals surface area contributed by atoms with Gasteiger partial charge in [0.05, 0.1) is 55.8 Å². The van der Waals surface area contributed by atoms with Crippen molar-refractivity contribution in [3.8, 4) is 11.4 Å². The third kappa shape index (κ3) is 7.62. The van der Waals surface area contributed by atoms with Crippen LogP contribution in [-0.4, -0.2) is 80.0 Å². The summed E-state index contributed by atoms with van der Waals surface area (Å²) in [5.74, 6) is 2.14. The van der Waals surface area contributed by atoms with Gasteiger partial charge in [0.1, 0.15) is 23.4 Å². The molecule has 1 aliphatic heterocycles. The molecule has 1 fully saturated rings. The summed E-state index contributed by atoms with van der Waals surface area (Å²) in [6.07, 6.45) is 9.70. The number of urea groups is 1. The van der Waals surface area contributed by atoms with E-state index in [1.807, 2.05) is 67.8 Å². The van der Waals surface area contributed by atoms with Crippen LogP contribution in [0.4, 0.5) is 10.6 Å². The fraction of sp³-hybridized carbons (Fsp3) is 0.457. The lowest BCUT2D eigenvalue weighted by atomic mass is 9.85. The lowest BCUT2D eigenvalue weighted by Gasteiger charge is -2.32. The molecule has 1 saturated heterocycles. The molecule has 51 heavy (non-hydrogen) atoms. The molecule has 1 aromatic carbocycles. The highest BCUT2D eigenvalue weighted by Gasteiger charge is 2.31. The number of hydrogen-bond donors (Lipinski definition) is 2. The highest BCUT2D eigenvalue weighted by atomic mass is 32.2. The number of hydrogen-bond acceptors (Lipinski definition) is 10. The molecular formula is C35H44N10O5S. The van der Waals surface area contributed by atoms with Crippen LogP contribution < -0.4 is 15.4 Å². The fourth-order valence-electron chi connectivity index (χ4n) is 6.82. The zero-order valence-electron chi connectivity index (χ0n) is 29.5. The first-order valence-corrected chi connectivity index (χ1v) is 19.0. The number of benzene rings is 1. The summed E-state index contributed by atoms with van der Waals surface area (Å²) in [5, 5.41) is 24.2. The molecule has 5 aromatic rings. The largest absolute Gasteiger partial charge is 0.484 e. The molecule has 0 bridgehead atoms. The van der Waals surface area contributed by atoms with Crippen molar-refractivity contribution in [2.45, 2.75) is 76.6 Å². The lowest BCUT2D eigenvalue weighted by molar-refractivity contribution is 0.171. The van der Waals surface area contributed by atoms with Crippen LogP contribution in [0.2, 0.25) is 0 Å². The van der Waals surface area contributed by atoms with Crippen molar-refractivity contribution in [3.63, 3.8) is 0 Å². The monoisotopic (exact) mass is 716 g/mol.